The maximum Gasteiger partial charge on any atom is 0.261 e. The van der Waals surface area contributed by atoms with Gasteiger partial charge in [0, 0.05) is 18.2 Å². The van der Waals surface area contributed by atoms with Crippen molar-refractivity contribution in [3.8, 4) is 11.5 Å². The van der Waals surface area contributed by atoms with E-state index in [1.807, 2.05) is 42.5 Å². The molecule has 2 aliphatic rings. The van der Waals surface area contributed by atoms with Gasteiger partial charge in [-0.1, -0.05) is 37.3 Å². The smallest absolute Gasteiger partial charge is 0.261 e. The average Bonchev–Trinajstić information content (AvgIpc) is 3.21. The molecule has 198 valence electrons. The van der Waals surface area contributed by atoms with Crippen LogP contribution in [0.15, 0.2) is 66.7 Å². The molecule has 4 aromatic rings. The molecule has 39 heavy (non-hydrogen) atoms. The minimum absolute atomic E-state index is 0.0668. The van der Waals surface area contributed by atoms with Crippen LogP contribution in [-0.4, -0.2) is 57.9 Å². The number of aromatic nitrogens is 2. The fraction of sp³-hybridized carbons (Fsp3) is 0.290. The molecular formula is C31H30N4O4. The molecule has 0 fully saturated rings. The van der Waals surface area contributed by atoms with Gasteiger partial charge in [0.1, 0.15) is 18.1 Å². The molecule has 6 rings (SSSR count). The molecule has 2 aliphatic heterocycles. The van der Waals surface area contributed by atoms with E-state index in [9.17, 15) is 9.59 Å². The highest BCUT2D eigenvalue weighted by atomic mass is 16.5. The summed E-state index contributed by atoms with van der Waals surface area (Å²) in [7, 11) is 1.68. The molecule has 0 saturated heterocycles. The number of para-hydroxylation sites is 2. The summed E-state index contributed by atoms with van der Waals surface area (Å²) in [5, 5.41) is 0. The Morgan fingerprint density at radius 1 is 0.923 bits per heavy atom. The molecule has 1 aromatic heterocycles. The molecule has 0 saturated carbocycles. The summed E-state index contributed by atoms with van der Waals surface area (Å²) in [5.74, 6) is 1.09. The van der Waals surface area contributed by atoms with Crippen molar-refractivity contribution in [1.29, 1.82) is 0 Å². The maximum atomic E-state index is 13.2. The first-order chi connectivity index (χ1) is 19.1. The van der Waals surface area contributed by atoms with E-state index >= 15 is 0 Å². The number of ether oxygens (including phenoxy) is 2. The SMILES string of the molecule is CCCN(Cc1nc2ccccc2nc1CN1C(=O)c2ccccc2C1=O)C1COc2cccc(OC)c2C1. The highest BCUT2D eigenvalue weighted by Gasteiger charge is 2.36. The van der Waals surface area contributed by atoms with Crippen molar-refractivity contribution in [1.82, 2.24) is 19.8 Å². The summed E-state index contributed by atoms with van der Waals surface area (Å²) >= 11 is 0. The molecule has 1 unspecified atom stereocenters. The predicted molar refractivity (Wildman–Crippen MR) is 147 cm³/mol. The third kappa shape index (κ3) is 4.61. The zero-order chi connectivity index (χ0) is 26.9. The van der Waals surface area contributed by atoms with E-state index < -0.39 is 0 Å². The second-order valence-corrected chi connectivity index (χ2v) is 9.92. The van der Waals surface area contributed by atoms with Gasteiger partial charge >= 0.3 is 0 Å². The van der Waals surface area contributed by atoms with Crippen molar-refractivity contribution in [2.24, 2.45) is 0 Å². The largest absolute Gasteiger partial charge is 0.496 e. The number of methoxy groups -OCH3 is 1. The lowest BCUT2D eigenvalue weighted by Gasteiger charge is -2.35. The van der Waals surface area contributed by atoms with Crippen molar-refractivity contribution in [3.63, 3.8) is 0 Å². The number of hydrogen-bond donors (Lipinski definition) is 0. The monoisotopic (exact) mass is 522 g/mol. The van der Waals surface area contributed by atoms with Crippen molar-refractivity contribution in [2.75, 3.05) is 20.3 Å². The van der Waals surface area contributed by atoms with Crippen LogP contribution < -0.4 is 9.47 Å². The molecule has 0 aliphatic carbocycles. The average molecular weight is 523 g/mol. The van der Waals surface area contributed by atoms with Crippen LogP contribution in [0.3, 0.4) is 0 Å². The Morgan fingerprint density at radius 2 is 1.59 bits per heavy atom. The lowest BCUT2D eigenvalue weighted by molar-refractivity contribution is 0.0638. The van der Waals surface area contributed by atoms with Gasteiger partial charge in [0.25, 0.3) is 11.8 Å². The van der Waals surface area contributed by atoms with Crippen LogP contribution in [0.4, 0.5) is 0 Å². The van der Waals surface area contributed by atoms with Crippen molar-refractivity contribution >= 4 is 22.8 Å². The number of amides is 2. The summed E-state index contributed by atoms with van der Waals surface area (Å²) in [6.45, 7) is 4.12. The first-order valence-electron chi connectivity index (χ1n) is 13.3. The Balaban J connectivity index is 1.34. The first kappa shape index (κ1) is 25.0. The minimum atomic E-state index is -0.300. The van der Waals surface area contributed by atoms with Gasteiger partial charge in [-0.2, -0.15) is 0 Å². The van der Waals surface area contributed by atoms with Crippen LogP contribution in [-0.2, 0) is 19.5 Å². The molecule has 3 heterocycles. The quantitative estimate of drug-likeness (QED) is 0.312. The Kier molecular flexibility index (Phi) is 6.70. The van der Waals surface area contributed by atoms with Crippen LogP contribution in [0, 0.1) is 0 Å². The fourth-order valence-electron chi connectivity index (χ4n) is 5.52. The van der Waals surface area contributed by atoms with E-state index in [1.54, 1.807) is 31.4 Å². The number of fused-ring (bicyclic) bond motifs is 3. The lowest BCUT2D eigenvalue weighted by Crippen LogP contribution is -2.43. The van der Waals surface area contributed by atoms with Gasteiger partial charge in [-0.15, -0.1) is 0 Å². The first-order valence-corrected chi connectivity index (χ1v) is 13.3. The standard InChI is InChI=1S/C31H30N4O4/c1-3-15-34(20-16-23-28(38-2)13-8-14-29(23)39-19-20)17-26-27(33-25-12-7-6-11-24(25)32-26)18-35-30(36)21-9-4-5-10-22(21)31(35)37/h4-14,20H,3,15-19H2,1-2H3. The number of imide groups is 1. The summed E-state index contributed by atoms with van der Waals surface area (Å²) in [6, 6.07) is 20.6. The molecule has 0 radical (unpaired) electrons. The van der Waals surface area contributed by atoms with Crippen LogP contribution in [0.25, 0.3) is 11.0 Å². The maximum absolute atomic E-state index is 13.2. The number of benzene rings is 3. The third-order valence-electron chi connectivity index (χ3n) is 7.47. The molecule has 1 atom stereocenters. The highest BCUT2D eigenvalue weighted by Crippen LogP contribution is 2.34. The van der Waals surface area contributed by atoms with Crippen LogP contribution in [0.1, 0.15) is 51.0 Å². The van der Waals surface area contributed by atoms with E-state index in [1.165, 1.54) is 4.90 Å². The van der Waals surface area contributed by atoms with Gasteiger partial charge in [0.15, 0.2) is 0 Å². The topological polar surface area (TPSA) is 84.9 Å². The summed E-state index contributed by atoms with van der Waals surface area (Å²) < 4.78 is 11.8. The van der Waals surface area contributed by atoms with Gasteiger partial charge in [-0.05, 0) is 55.8 Å². The van der Waals surface area contributed by atoms with Crippen molar-refractivity contribution in [3.05, 3.63) is 94.8 Å². The van der Waals surface area contributed by atoms with E-state index in [4.69, 9.17) is 19.4 Å². The summed E-state index contributed by atoms with van der Waals surface area (Å²) in [5.41, 5.74) is 4.81. The molecule has 8 nitrogen and oxygen atoms in total. The Hall–Kier alpha value is -4.30. The van der Waals surface area contributed by atoms with Crippen molar-refractivity contribution in [2.45, 2.75) is 38.9 Å². The number of hydrogen-bond acceptors (Lipinski definition) is 7. The zero-order valence-corrected chi connectivity index (χ0v) is 22.1. The minimum Gasteiger partial charge on any atom is -0.496 e. The number of nitrogens with zero attached hydrogens (tertiary/aromatic N) is 4. The summed E-state index contributed by atoms with van der Waals surface area (Å²) in [4.78, 5) is 39.8. The third-order valence-corrected chi connectivity index (χ3v) is 7.47. The van der Waals surface area contributed by atoms with Crippen LogP contribution in [0.2, 0.25) is 0 Å². The Bertz CT molecular complexity index is 1520. The molecule has 0 bridgehead atoms. The fourth-order valence-corrected chi connectivity index (χ4v) is 5.52. The molecule has 0 spiro atoms. The number of carbonyl (C=O) groups is 2. The molecule has 0 N–H and O–H groups in total. The molecule has 2 amide bonds. The Morgan fingerprint density at radius 3 is 2.26 bits per heavy atom. The second-order valence-electron chi connectivity index (χ2n) is 9.92. The number of carbonyl (C=O) groups excluding carboxylic acids is 2. The zero-order valence-electron chi connectivity index (χ0n) is 22.1. The van der Waals surface area contributed by atoms with Gasteiger partial charge in [0.05, 0.1) is 47.2 Å². The van der Waals surface area contributed by atoms with Gasteiger partial charge in [-0.25, -0.2) is 9.97 Å². The van der Waals surface area contributed by atoms with E-state index in [0.29, 0.717) is 30.0 Å². The van der Waals surface area contributed by atoms with Crippen molar-refractivity contribution < 1.29 is 19.1 Å². The van der Waals surface area contributed by atoms with Crippen LogP contribution in [0.5, 0.6) is 11.5 Å². The second kappa shape index (κ2) is 10.5. The highest BCUT2D eigenvalue weighted by molar-refractivity contribution is 6.21. The van der Waals surface area contributed by atoms with E-state index in [-0.39, 0.29) is 24.4 Å². The van der Waals surface area contributed by atoms with Crippen LogP contribution >= 0.6 is 0 Å². The Labute approximate surface area is 227 Å². The normalized spacial score (nSPS) is 16.4. The molecule has 8 heteroatoms. The molecule has 3 aromatic carbocycles. The number of rotatable bonds is 8. The molecular weight excluding hydrogens is 492 g/mol. The van der Waals surface area contributed by atoms with Gasteiger partial charge in [0.2, 0.25) is 0 Å². The van der Waals surface area contributed by atoms with Gasteiger partial charge < -0.3 is 9.47 Å². The lowest BCUT2D eigenvalue weighted by atomic mass is 9.99. The van der Waals surface area contributed by atoms with E-state index in [0.717, 1.165) is 53.2 Å². The van der Waals surface area contributed by atoms with Gasteiger partial charge in [-0.3, -0.25) is 19.4 Å². The van der Waals surface area contributed by atoms with E-state index in [2.05, 4.69) is 11.8 Å². The predicted octanol–water partition coefficient (Wildman–Crippen LogP) is 4.65. The summed E-state index contributed by atoms with van der Waals surface area (Å²) in [6.07, 6.45) is 1.73.